The van der Waals surface area contributed by atoms with Crippen LogP contribution in [0.4, 0.5) is 0 Å². The fraction of sp³-hybridized carbons (Fsp3) is 0.923. The molecular formula is C13H25NO. The molecule has 0 N–H and O–H groups in total. The highest BCUT2D eigenvalue weighted by molar-refractivity contribution is 5.75. The van der Waals surface area contributed by atoms with Gasteiger partial charge >= 0.3 is 0 Å². The lowest BCUT2D eigenvalue weighted by molar-refractivity contribution is -0.117. The Labute approximate surface area is 94.0 Å². The van der Waals surface area contributed by atoms with Crippen LogP contribution < -0.4 is 0 Å². The van der Waals surface area contributed by atoms with Crippen molar-refractivity contribution >= 4 is 5.78 Å². The molecule has 0 spiro atoms. The predicted molar refractivity (Wildman–Crippen MR) is 64.0 cm³/mol. The minimum absolute atomic E-state index is 0.328. The van der Waals surface area contributed by atoms with E-state index in [4.69, 9.17) is 0 Å². The molecule has 88 valence electrons. The lowest BCUT2D eigenvalue weighted by Gasteiger charge is -2.22. The molecular weight excluding hydrogens is 186 g/mol. The first kappa shape index (κ1) is 12.7. The topological polar surface area (TPSA) is 20.3 Å². The summed E-state index contributed by atoms with van der Waals surface area (Å²) < 4.78 is 0. The summed E-state index contributed by atoms with van der Waals surface area (Å²) in [6, 6.07) is 0.843. The Morgan fingerprint density at radius 1 is 1.33 bits per heavy atom. The molecule has 1 aliphatic rings. The van der Waals surface area contributed by atoms with E-state index in [1.54, 1.807) is 6.92 Å². The molecule has 0 aromatic carbocycles. The van der Waals surface area contributed by atoms with Gasteiger partial charge in [0, 0.05) is 12.5 Å². The summed E-state index contributed by atoms with van der Waals surface area (Å²) in [5.74, 6) is 1.12. The van der Waals surface area contributed by atoms with Crippen LogP contribution in [-0.4, -0.2) is 29.8 Å². The van der Waals surface area contributed by atoms with Crippen LogP contribution >= 0.6 is 0 Å². The maximum absolute atomic E-state index is 10.9. The zero-order valence-corrected chi connectivity index (χ0v) is 10.5. The third kappa shape index (κ3) is 5.93. The monoisotopic (exact) mass is 211 g/mol. The van der Waals surface area contributed by atoms with Gasteiger partial charge in [-0.1, -0.05) is 13.8 Å². The predicted octanol–water partition coefficient (Wildman–Crippen LogP) is 2.87. The number of ketones is 1. The van der Waals surface area contributed by atoms with Crippen LogP contribution in [0.3, 0.4) is 0 Å². The van der Waals surface area contributed by atoms with Crippen LogP contribution in [0, 0.1) is 5.92 Å². The molecule has 15 heavy (non-hydrogen) atoms. The Morgan fingerprint density at radius 3 is 2.47 bits per heavy atom. The standard InChI is InChI=1S/C13H25NO/c1-11(2)8-10-14(13-6-7-13)9-4-5-12(3)15/h11,13H,4-10H2,1-3H3. The molecule has 0 unspecified atom stereocenters. The second kappa shape index (κ2) is 6.26. The van der Waals surface area contributed by atoms with E-state index in [9.17, 15) is 4.79 Å². The Hall–Kier alpha value is -0.370. The SMILES string of the molecule is CC(=O)CCCN(CCC(C)C)C1CC1. The maximum atomic E-state index is 10.9. The van der Waals surface area contributed by atoms with E-state index < -0.39 is 0 Å². The van der Waals surface area contributed by atoms with Gasteiger partial charge in [-0.2, -0.15) is 0 Å². The molecule has 2 nitrogen and oxygen atoms in total. The number of hydrogen-bond donors (Lipinski definition) is 0. The third-order valence-electron chi connectivity index (χ3n) is 3.03. The van der Waals surface area contributed by atoms with Gasteiger partial charge in [0.05, 0.1) is 0 Å². The molecule has 0 atom stereocenters. The molecule has 0 aliphatic heterocycles. The number of Topliss-reactive ketones (excluding diaryl/α,β-unsaturated/α-hetero) is 1. The summed E-state index contributed by atoms with van der Waals surface area (Å²) in [5, 5.41) is 0. The minimum Gasteiger partial charge on any atom is -0.300 e. The van der Waals surface area contributed by atoms with Crippen molar-refractivity contribution in [3.05, 3.63) is 0 Å². The fourth-order valence-electron chi connectivity index (χ4n) is 1.87. The fourth-order valence-corrected chi connectivity index (χ4v) is 1.87. The average Bonchev–Trinajstić information content (AvgIpc) is 2.93. The van der Waals surface area contributed by atoms with E-state index in [-0.39, 0.29) is 0 Å². The van der Waals surface area contributed by atoms with Crippen molar-refractivity contribution in [3.8, 4) is 0 Å². The zero-order chi connectivity index (χ0) is 11.3. The second-order valence-corrected chi connectivity index (χ2v) is 5.26. The molecule has 1 rings (SSSR count). The van der Waals surface area contributed by atoms with Gasteiger partial charge in [-0.25, -0.2) is 0 Å². The van der Waals surface area contributed by atoms with E-state index in [1.807, 2.05) is 0 Å². The molecule has 0 amide bonds. The average molecular weight is 211 g/mol. The Kier molecular flexibility index (Phi) is 5.30. The van der Waals surface area contributed by atoms with Crippen molar-refractivity contribution in [1.82, 2.24) is 4.90 Å². The number of carbonyl (C=O) groups is 1. The number of nitrogens with zero attached hydrogens (tertiary/aromatic N) is 1. The molecule has 0 saturated heterocycles. The van der Waals surface area contributed by atoms with Gasteiger partial charge < -0.3 is 9.69 Å². The first-order valence-electron chi connectivity index (χ1n) is 6.33. The normalized spacial score (nSPS) is 16.3. The Bertz CT molecular complexity index is 197. The van der Waals surface area contributed by atoms with Gasteiger partial charge in [-0.05, 0) is 51.6 Å². The maximum Gasteiger partial charge on any atom is 0.129 e. The number of carbonyl (C=O) groups excluding carboxylic acids is 1. The molecule has 0 radical (unpaired) electrons. The highest BCUT2D eigenvalue weighted by Crippen LogP contribution is 2.27. The van der Waals surface area contributed by atoms with Crippen LogP contribution in [0.1, 0.15) is 52.9 Å². The van der Waals surface area contributed by atoms with E-state index in [0.717, 1.165) is 31.3 Å². The second-order valence-electron chi connectivity index (χ2n) is 5.26. The summed E-state index contributed by atoms with van der Waals surface area (Å²) in [6.45, 7) is 8.59. The molecule has 2 heteroatoms. The van der Waals surface area contributed by atoms with Crippen LogP contribution in [0.2, 0.25) is 0 Å². The van der Waals surface area contributed by atoms with Gasteiger partial charge in [0.15, 0.2) is 0 Å². The summed E-state index contributed by atoms with van der Waals surface area (Å²) in [6.07, 6.45) is 5.84. The minimum atomic E-state index is 0.328. The van der Waals surface area contributed by atoms with E-state index in [1.165, 1.54) is 25.8 Å². The third-order valence-corrected chi connectivity index (χ3v) is 3.03. The Balaban J connectivity index is 2.15. The van der Waals surface area contributed by atoms with Crippen molar-refractivity contribution in [2.24, 2.45) is 5.92 Å². The number of rotatable bonds is 8. The molecule has 1 saturated carbocycles. The smallest absolute Gasteiger partial charge is 0.129 e. The lowest BCUT2D eigenvalue weighted by Crippen LogP contribution is -2.29. The van der Waals surface area contributed by atoms with Crippen LogP contribution in [0.5, 0.6) is 0 Å². The van der Waals surface area contributed by atoms with E-state index in [0.29, 0.717) is 5.78 Å². The number of hydrogen-bond acceptors (Lipinski definition) is 2. The van der Waals surface area contributed by atoms with Gasteiger partial charge in [-0.15, -0.1) is 0 Å². The van der Waals surface area contributed by atoms with Gasteiger partial charge in [-0.3, -0.25) is 0 Å². The van der Waals surface area contributed by atoms with E-state index in [2.05, 4.69) is 18.7 Å². The molecule has 1 aliphatic carbocycles. The van der Waals surface area contributed by atoms with Crippen molar-refractivity contribution in [3.63, 3.8) is 0 Å². The highest BCUT2D eigenvalue weighted by Gasteiger charge is 2.28. The van der Waals surface area contributed by atoms with Gasteiger partial charge in [0.2, 0.25) is 0 Å². The van der Waals surface area contributed by atoms with Crippen molar-refractivity contribution < 1.29 is 4.79 Å². The van der Waals surface area contributed by atoms with Crippen molar-refractivity contribution in [1.29, 1.82) is 0 Å². The largest absolute Gasteiger partial charge is 0.300 e. The molecule has 0 aromatic rings. The van der Waals surface area contributed by atoms with Crippen LogP contribution in [0.15, 0.2) is 0 Å². The van der Waals surface area contributed by atoms with E-state index >= 15 is 0 Å². The Morgan fingerprint density at radius 2 is 2.00 bits per heavy atom. The van der Waals surface area contributed by atoms with Crippen LogP contribution in [-0.2, 0) is 4.79 Å². The van der Waals surface area contributed by atoms with Gasteiger partial charge in [0.25, 0.3) is 0 Å². The summed E-state index contributed by atoms with van der Waals surface area (Å²) in [4.78, 5) is 13.4. The van der Waals surface area contributed by atoms with Crippen molar-refractivity contribution in [2.45, 2.75) is 58.9 Å². The quantitative estimate of drug-likeness (QED) is 0.615. The first-order valence-corrected chi connectivity index (χ1v) is 6.33. The van der Waals surface area contributed by atoms with Crippen molar-refractivity contribution in [2.75, 3.05) is 13.1 Å². The van der Waals surface area contributed by atoms with Crippen LogP contribution in [0.25, 0.3) is 0 Å². The molecule has 1 fully saturated rings. The zero-order valence-electron chi connectivity index (χ0n) is 10.5. The van der Waals surface area contributed by atoms with Gasteiger partial charge in [0.1, 0.15) is 5.78 Å². The molecule has 0 aromatic heterocycles. The molecule has 0 bridgehead atoms. The first-order chi connectivity index (χ1) is 7.09. The summed E-state index contributed by atoms with van der Waals surface area (Å²) >= 11 is 0. The summed E-state index contributed by atoms with van der Waals surface area (Å²) in [5.41, 5.74) is 0. The molecule has 0 heterocycles. The highest BCUT2D eigenvalue weighted by atomic mass is 16.1. The lowest BCUT2D eigenvalue weighted by atomic mass is 10.1. The summed E-state index contributed by atoms with van der Waals surface area (Å²) in [7, 11) is 0.